The van der Waals surface area contributed by atoms with Crippen molar-refractivity contribution in [1.29, 1.82) is 0 Å². The van der Waals surface area contributed by atoms with Crippen molar-refractivity contribution in [3.63, 3.8) is 0 Å². The fraction of sp³-hybridized carbons (Fsp3) is 0.900. The molecule has 2 saturated heterocycles. The van der Waals surface area contributed by atoms with Crippen molar-refractivity contribution in [2.24, 2.45) is 0 Å². The summed E-state index contributed by atoms with van der Waals surface area (Å²) in [5.41, 5.74) is 0. The van der Waals surface area contributed by atoms with E-state index in [1.807, 2.05) is 4.90 Å². The van der Waals surface area contributed by atoms with E-state index in [-0.39, 0.29) is 11.8 Å². The van der Waals surface area contributed by atoms with Crippen molar-refractivity contribution in [3.8, 4) is 0 Å². The number of nitrogens with one attached hydrogen (secondary N) is 1. The normalized spacial score (nSPS) is 24.2. The molecule has 3 aliphatic rings. The molecule has 148 valence electrons. The van der Waals surface area contributed by atoms with E-state index in [0.717, 1.165) is 65.0 Å². The van der Waals surface area contributed by atoms with Gasteiger partial charge < -0.3 is 10.2 Å². The summed E-state index contributed by atoms with van der Waals surface area (Å²) >= 11 is 0. The van der Waals surface area contributed by atoms with Crippen LogP contribution in [0.15, 0.2) is 0 Å². The molecule has 3 rings (SSSR count). The lowest BCUT2D eigenvalue weighted by Gasteiger charge is -2.34. The number of carbonyl (C=O) groups excluding carboxylic acids is 2. The van der Waals surface area contributed by atoms with Gasteiger partial charge in [-0.05, 0) is 25.7 Å². The molecule has 2 heterocycles. The number of piperazine rings is 1. The van der Waals surface area contributed by atoms with E-state index in [2.05, 4.69) is 15.1 Å². The summed E-state index contributed by atoms with van der Waals surface area (Å²) < 4.78 is 0. The van der Waals surface area contributed by atoms with Crippen LogP contribution in [0.1, 0.15) is 57.8 Å². The monoisotopic (exact) mass is 364 g/mol. The summed E-state index contributed by atoms with van der Waals surface area (Å²) in [6, 6.07) is 0.377. The van der Waals surface area contributed by atoms with Crippen LogP contribution < -0.4 is 5.32 Å². The zero-order valence-corrected chi connectivity index (χ0v) is 16.3. The third kappa shape index (κ3) is 6.23. The number of hydrogen-bond donors (Lipinski definition) is 1. The summed E-state index contributed by atoms with van der Waals surface area (Å²) in [5.74, 6) is 0.454. The first-order valence-corrected chi connectivity index (χ1v) is 10.7. The number of rotatable bonds is 5. The molecule has 0 spiro atoms. The molecule has 2 aliphatic heterocycles. The molecule has 3 fully saturated rings. The first-order valence-electron chi connectivity index (χ1n) is 10.7. The Morgan fingerprint density at radius 3 is 1.85 bits per heavy atom. The zero-order valence-electron chi connectivity index (χ0n) is 16.3. The highest BCUT2D eigenvalue weighted by molar-refractivity contribution is 5.79. The fourth-order valence-electron chi connectivity index (χ4n) is 4.44. The van der Waals surface area contributed by atoms with Crippen LogP contribution in [-0.2, 0) is 9.59 Å². The predicted octanol–water partition coefficient (Wildman–Crippen LogP) is 1.46. The van der Waals surface area contributed by atoms with Crippen LogP contribution in [0.2, 0.25) is 0 Å². The van der Waals surface area contributed by atoms with Gasteiger partial charge in [-0.2, -0.15) is 0 Å². The average molecular weight is 365 g/mol. The molecule has 2 amide bonds. The molecule has 0 radical (unpaired) electrons. The Morgan fingerprint density at radius 2 is 1.23 bits per heavy atom. The molecule has 0 aromatic carbocycles. The summed E-state index contributed by atoms with van der Waals surface area (Å²) in [6.07, 6.45) is 11.0. The molecule has 1 aliphatic carbocycles. The summed E-state index contributed by atoms with van der Waals surface area (Å²) in [5, 5.41) is 3.26. The van der Waals surface area contributed by atoms with Gasteiger partial charge in [0, 0.05) is 45.3 Å². The minimum absolute atomic E-state index is 0.178. The van der Waals surface area contributed by atoms with Crippen LogP contribution in [-0.4, -0.2) is 84.9 Å². The lowest BCUT2D eigenvalue weighted by molar-refractivity contribution is -0.132. The zero-order chi connectivity index (χ0) is 18.2. The van der Waals surface area contributed by atoms with Crippen molar-refractivity contribution in [1.82, 2.24) is 20.0 Å². The minimum Gasteiger partial charge on any atom is -0.352 e. The molecular weight excluding hydrogens is 328 g/mol. The van der Waals surface area contributed by atoms with Gasteiger partial charge in [0.2, 0.25) is 11.8 Å². The van der Waals surface area contributed by atoms with Gasteiger partial charge in [-0.25, -0.2) is 0 Å². The standard InChI is InChI=1S/C20H36N4O2/c25-19(21-18-8-4-2-1-3-5-9-18)16-22-12-14-23(15-13-22)17-20(26)24-10-6-7-11-24/h18H,1-17H2,(H,21,25). The van der Waals surface area contributed by atoms with Crippen LogP contribution in [0.5, 0.6) is 0 Å². The highest BCUT2D eigenvalue weighted by Crippen LogP contribution is 2.17. The van der Waals surface area contributed by atoms with Crippen LogP contribution >= 0.6 is 0 Å². The Labute approximate surface area is 158 Å². The second-order valence-corrected chi connectivity index (χ2v) is 8.25. The molecular formula is C20H36N4O2. The molecule has 0 aromatic heterocycles. The molecule has 1 N–H and O–H groups in total. The van der Waals surface area contributed by atoms with E-state index in [1.54, 1.807) is 0 Å². The van der Waals surface area contributed by atoms with Crippen LogP contribution in [0, 0.1) is 0 Å². The lowest BCUT2D eigenvalue weighted by atomic mass is 9.97. The van der Waals surface area contributed by atoms with E-state index in [0.29, 0.717) is 19.1 Å². The maximum Gasteiger partial charge on any atom is 0.236 e. The third-order valence-corrected chi connectivity index (χ3v) is 6.12. The van der Waals surface area contributed by atoms with E-state index < -0.39 is 0 Å². The first-order chi connectivity index (χ1) is 12.7. The molecule has 6 nitrogen and oxygen atoms in total. The summed E-state index contributed by atoms with van der Waals surface area (Å²) in [6.45, 7) is 6.44. The Morgan fingerprint density at radius 1 is 0.692 bits per heavy atom. The van der Waals surface area contributed by atoms with Gasteiger partial charge >= 0.3 is 0 Å². The Hall–Kier alpha value is -1.14. The van der Waals surface area contributed by atoms with Crippen molar-refractivity contribution in [3.05, 3.63) is 0 Å². The second-order valence-electron chi connectivity index (χ2n) is 8.25. The number of carbonyl (C=O) groups is 2. The third-order valence-electron chi connectivity index (χ3n) is 6.12. The highest BCUT2D eigenvalue weighted by atomic mass is 16.2. The number of amides is 2. The van der Waals surface area contributed by atoms with Crippen molar-refractivity contribution in [2.75, 3.05) is 52.4 Å². The highest BCUT2D eigenvalue weighted by Gasteiger charge is 2.24. The fourth-order valence-corrected chi connectivity index (χ4v) is 4.44. The largest absolute Gasteiger partial charge is 0.352 e. The van der Waals surface area contributed by atoms with Crippen LogP contribution in [0.3, 0.4) is 0 Å². The molecule has 0 unspecified atom stereocenters. The topological polar surface area (TPSA) is 55.9 Å². The maximum absolute atomic E-state index is 12.4. The van der Waals surface area contributed by atoms with Crippen molar-refractivity contribution in [2.45, 2.75) is 63.8 Å². The van der Waals surface area contributed by atoms with Gasteiger partial charge in [0.25, 0.3) is 0 Å². The Kier molecular flexibility index (Phi) is 7.74. The predicted molar refractivity (Wildman–Crippen MR) is 103 cm³/mol. The molecule has 0 atom stereocenters. The van der Waals surface area contributed by atoms with Crippen molar-refractivity contribution < 1.29 is 9.59 Å². The van der Waals surface area contributed by atoms with Crippen LogP contribution in [0.25, 0.3) is 0 Å². The van der Waals surface area contributed by atoms with Crippen molar-refractivity contribution >= 4 is 11.8 Å². The second kappa shape index (κ2) is 10.3. The molecule has 0 aromatic rings. The lowest BCUT2D eigenvalue weighted by Crippen LogP contribution is -2.52. The van der Waals surface area contributed by atoms with Gasteiger partial charge in [-0.1, -0.05) is 32.1 Å². The number of likely N-dealkylation sites (tertiary alicyclic amines) is 1. The Bertz CT molecular complexity index is 449. The van der Waals surface area contributed by atoms with E-state index in [1.165, 1.54) is 32.1 Å². The van der Waals surface area contributed by atoms with Gasteiger partial charge in [0.15, 0.2) is 0 Å². The maximum atomic E-state index is 12.4. The Balaban J connectivity index is 1.32. The van der Waals surface area contributed by atoms with Gasteiger partial charge in [-0.15, -0.1) is 0 Å². The number of nitrogens with zero attached hydrogens (tertiary/aromatic N) is 3. The smallest absolute Gasteiger partial charge is 0.236 e. The molecule has 26 heavy (non-hydrogen) atoms. The van der Waals surface area contributed by atoms with Gasteiger partial charge in [-0.3, -0.25) is 19.4 Å². The van der Waals surface area contributed by atoms with E-state index >= 15 is 0 Å². The molecule has 6 heteroatoms. The van der Waals surface area contributed by atoms with E-state index in [4.69, 9.17) is 0 Å². The quantitative estimate of drug-likeness (QED) is 0.802. The average Bonchev–Trinajstić information content (AvgIpc) is 3.14. The van der Waals surface area contributed by atoms with Gasteiger partial charge in [0.1, 0.15) is 0 Å². The van der Waals surface area contributed by atoms with Gasteiger partial charge in [0.05, 0.1) is 13.1 Å². The molecule has 1 saturated carbocycles. The van der Waals surface area contributed by atoms with Crippen LogP contribution in [0.4, 0.5) is 0 Å². The summed E-state index contributed by atoms with van der Waals surface area (Å²) in [4.78, 5) is 31.1. The van der Waals surface area contributed by atoms with E-state index in [9.17, 15) is 9.59 Å². The first kappa shape index (κ1) is 19.6. The summed E-state index contributed by atoms with van der Waals surface area (Å²) in [7, 11) is 0. The minimum atomic E-state index is 0.178. The SMILES string of the molecule is O=C(CN1CCN(CC(=O)N2CCCC2)CC1)NC1CCCCCCC1. The number of hydrogen-bond acceptors (Lipinski definition) is 4. The molecule has 0 bridgehead atoms.